The molecule has 144 valence electrons. The van der Waals surface area contributed by atoms with Crippen molar-refractivity contribution in [1.29, 1.82) is 0 Å². The zero-order chi connectivity index (χ0) is 19.6. The molecule has 5 nitrogen and oxygen atoms in total. The van der Waals surface area contributed by atoms with E-state index in [-0.39, 0.29) is 11.9 Å². The van der Waals surface area contributed by atoms with Crippen molar-refractivity contribution in [3.8, 4) is 11.5 Å². The van der Waals surface area contributed by atoms with Crippen molar-refractivity contribution in [1.82, 2.24) is 0 Å². The molecular weight excluding hydrogens is 387 g/mol. The largest absolute Gasteiger partial charge is 0.493 e. The second kappa shape index (κ2) is 8.38. The lowest BCUT2D eigenvalue weighted by Crippen LogP contribution is -3.14. The Bertz CT molecular complexity index is 837. The Morgan fingerprint density at radius 2 is 1.74 bits per heavy atom. The fourth-order valence-electron chi connectivity index (χ4n) is 3.57. The minimum Gasteiger partial charge on any atom is -0.493 e. The highest BCUT2D eigenvalue weighted by atomic mass is 35.5. The molecular formula is C20H23Cl2N2O3+. The second-order valence-electron chi connectivity index (χ2n) is 6.67. The molecule has 0 radical (unpaired) electrons. The Balaban J connectivity index is 1.73. The van der Waals surface area contributed by atoms with Crippen LogP contribution < -0.4 is 19.7 Å². The quantitative estimate of drug-likeness (QED) is 0.797. The Hall–Kier alpha value is -1.95. The summed E-state index contributed by atoms with van der Waals surface area (Å²) in [5.74, 6) is 1.38. The number of ether oxygens (including phenoxy) is 2. The molecule has 3 rings (SSSR count). The van der Waals surface area contributed by atoms with Gasteiger partial charge in [-0.2, -0.15) is 0 Å². The van der Waals surface area contributed by atoms with Gasteiger partial charge in [-0.1, -0.05) is 23.2 Å². The first kappa shape index (κ1) is 19.8. The maximum Gasteiger partial charge on any atom is 0.279 e. The van der Waals surface area contributed by atoms with Crippen molar-refractivity contribution in [2.75, 3.05) is 32.6 Å². The van der Waals surface area contributed by atoms with Crippen molar-refractivity contribution < 1.29 is 19.2 Å². The van der Waals surface area contributed by atoms with Gasteiger partial charge in [0.05, 0.1) is 20.8 Å². The number of rotatable bonds is 5. The molecule has 1 aliphatic heterocycles. The molecule has 2 aromatic rings. The summed E-state index contributed by atoms with van der Waals surface area (Å²) < 4.78 is 10.8. The molecule has 1 unspecified atom stereocenters. The first-order valence-corrected chi connectivity index (χ1v) is 9.52. The monoisotopic (exact) mass is 409 g/mol. The van der Waals surface area contributed by atoms with Gasteiger partial charge in [0.1, 0.15) is 6.04 Å². The van der Waals surface area contributed by atoms with Crippen LogP contribution in [0, 0.1) is 0 Å². The average Bonchev–Trinajstić information content (AvgIpc) is 2.62. The van der Waals surface area contributed by atoms with E-state index in [1.165, 1.54) is 16.0 Å². The van der Waals surface area contributed by atoms with E-state index in [9.17, 15) is 4.79 Å². The summed E-state index contributed by atoms with van der Waals surface area (Å²) in [5, 5.41) is 3.87. The summed E-state index contributed by atoms with van der Waals surface area (Å²) in [6.07, 6.45) is 0.881. The van der Waals surface area contributed by atoms with E-state index in [4.69, 9.17) is 32.7 Å². The highest BCUT2D eigenvalue weighted by Crippen LogP contribution is 2.33. The summed E-state index contributed by atoms with van der Waals surface area (Å²) in [5.41, 5.74) is 3.03. The third-order valence-electron chi connectivity index (χ3n) is 4.97. The normalized spacial score (nSPS) is 18.6. The number of fused-ring (bicyclic) bond motifs is 1. The van der Waals surface area contributed by atoms with Crippen molar-refractivity contribution in [3.05, 3.63) is 51.5 Å². The summed E-state index contributed by atoms with van der Waals surface area (Å²) in [6.45, 7) is 3.36. The Morgan fingerprint density at radius 3 is 2.37 bits per heavy atom. The summed E-state index contributed by atoms with van der Waals surface area (Å²) in [4.78, 5) is 13.7. The molecule has 1 aliphatic rings. The number of halogens is 2. The maximum atomic E-state index is 12.5. The van der Waals surface area contributed by atoms with Gasteiger partial charge in [-0.15, -0.1) is 0 Å². The summed E-state index contributed by atoms with van der Waals surface area (Å²) >= 11 is 12.0. The molecule has 0 saturated carbocycles. The van der Waals surface area contributed by atoms with Crippen LogP contribution in [0.1, 0.15) is 24.1 Å². The van der Waals surface area contributed by atoms with Crippen LogP contribution in [-0.2, 0) is 11.2 Å². The Kier molecular flexibility index (Phi) is 6.15. The Morgan fingerprint density at radius 1 is 1.11 bits per heavy atom. The lowest BCUT2D eigenvalue weighted by molar-refractivity contribution is -0.924. The van der Waals surface area contributed by atoms with Crippen molar-refractivity contribution >= 4 is 34.8 Å². The molecule has 27 heavy (non-hydrogen) atoms. The Labute approximate surface area is 169 Å². The van der Waals surface area contributed by atoms with Crippen molar-refractivity contribution in [3.63, 3.8) is 0 Å². The van der Waals surface area contributed by atoms with Crippen LogP contribution in [0.3, 0.4) is 0 Å². The number of methoxy groups -OCH3 is 2. The fraction of sp³-hybridized carbons (Fsp3) is 0.350. The standard InChI is InChI=1S/C20H22Cl2N2O3/c1-12-17-10-19(27-3)18(26-2)6-13(17)4-5-24(12)11-20(25)23-16-8-14(21)7-15(22)9-16/h6-10,12H,4-5,11H2,1-3H3,(H,23,25)/p+1/t12-/m0/s1. The SMILES string of the molecule is COc1cc2c(cc1OC)[C@H](C)[NH+](CC(=O)Nc1cc(Cl)cc(Cl)c1)CC2. The number of quaternary nitrogens is 1. The van der Waals surface area contributed by atoms with Gasteiger partial charge in [0.15, 0.2) is 18.0 Å². The van der Waals surface area contributed by atoms with Crippen LogP contribution in [0.15, 0.2) is 30.3 Å². The molecule has 0 spiro atoms. The predicted molar refractivity (Wildman–Crippen MR) is 107 cm³/mol. The van der Waals surface area contributed by atoms with Crippen LogP contribution in [0.4, 0.5) is 5.69 Å². The highest BCUT2D eigenvalue weighted by molar-refractivity contribution is 6.35. The van der Waals surface area contributed by atoms with Gasteiger partial charge < -0.3 is 19.7 Å². The van der Waals surface area contributed by atoms with Gasteiger partial charge >= 0.3 is 0 Å². The maximum absolute atomic E-state index is 12.5. The number of carbonyl (C=O) groups is 1. The summed E-state index contributed by atoms with van der Waals surface area (Å²) in [6, 6.07) is 9.24. The minimum absolute atomic E-state index is 0.0703. The number of hydrogen-bond donors (Lipinski definition) is 2. The molecule has 1 heterocycles. The van der Waals surface area contributed by atoms with E-state index in [2.05, 4.69) is 12.2 Å². The lowest BCUT2D eigenvalue weighted by Gasteiger charge is -2.32. The smallest absolute Gasteiger partial charge is 0.279 e. The molecule has 2 N–H and O–H groups in total. The second-order valence-corrected chi connectivity index (χ2v) is 7.54. The number of carbonyl (C=O) groups excluding carboxylic acids is 1. The topological polar surface area (TPSA) is 52.0 Å². The average molecular weight is 410 g/mol. The van der Waals surface area contributed by atoms with Gasteiger partial charge in [0.2, 0.25) is 0 Å². The first-order valence-electron chi connectivity index (χ1n) is 8.76. The van der Waals surface area contributed by atoms with Gasteiger partial charge in [-0.3, -0.25) is 4.79 Å². The molecule has 1 amide bonds. The number of anilines is 1. The van der Waals surface area contributed by atoms with Crippen molar-refractivity contribution in [2.45, 2.75) is 19.4 Å². The zero-order valence-electron chi connectivity index (χ0n) is 15.6. The molecule has 0 aliphatic carbocycles. The number of benzene rings is 2. The molecule has 0 bridgehead atoms. The first-order chi connectivity index (χ1) is 12.9. The van der Waals surface area contributed by atoms with Gasteiger partial charge in [0.25, 0.3) is 5.91 Å². The summed E-state index contributed by atoms with van der Waals surface area (Å²) in [7, 11) is 3.27. The van der Waals surface area contributed by atoms with Crippen LogP contribution >= 0.6 is 23.2 Å². The predicted octanol–water partition coefficient (Wildman–Crippen LogP) is 3.15. The van der Waals surface area contributed by atoms with E-state index >= 15 is 0 Å². The van der Waals surface area contributed by atoms with Crippen LogP contribution in [0.2, 0.25) is 10.0 Å². The number of nitrogens with one attached hydrogen (secondary N) is 2. The van der Waals surface area contributed by atoms with E-state index in [0.717, 1.165) is 18.7 Å². The molecule has 2 aromatic carbocycles. The molecule has 0 aromatic heterocycles. The van der Waals surface area contributed by atoms with Gasteiger partial charge in [-0.25, -0.2) is 0 Å². The third kappa shape index (κ3) is 4.49. The number of amides is 1. The molecule has 0 saturated heterocycles. The fourth-order valence-corrected chi connectivity index (χ4v) is 4.09. The molecule has 7 heteroatoms. The van der Waals surface area contributed by atoms with E-state index in [0.29, 0.717) is 28.0 Å². The van der Waals surface area contributed by atoms with Crippen LogP contribution in [0.25, 0.3) is 0 Å². The molecule has 2 atom stereocenters. The lowest BCUT2D eigenvalue weighted by atomic mass is 9.93. The van der Waals surface area contributed by atoms with E-state index in [1.54, 1.807) is 32.4 Å². The zero-order valence-corrected chi connectivity index (χ0v) is 17.1. The highest BCUT2D eigenvalue weighted by Gasteiger charge is 2.30. The van der Waals surface area contributed by atoms with Crippen molar-refractivity contribution in [2.24, 2.45) is 0 Å². The van der Waals surface area contributed by atoms with Gasteiger partial charge in [0, 0.05) is 27.7 Å². The van der Waals surface area contributed by atoms with E-state index < -0.39 is 0 Å². The van der Waals surface area contributed by atoms with Crippen LogP contribution in [-0.4, -0.2) is 33.2 Å². The minimum atomic E-state index is -0.0703. The number of hydrogen-bond acceptors (Lipinski definition) is 3. The third-order valence-corrected chi connectivity index (χ3v) is 5.41. The van der Waals surface area contributed by atoms with E-state index in [1.807, 2.05) is 12.1 Å². The van der Waals surface area contributed by atoms with Crippen LogP contribution in [0.5, 0.6) is 11.5 Å². The molecule has 0 fully saturated rings. The van der Waals surface area contributed by atoms with Gasteiger partial charge in [-0.05, 0) is 42.8 Å².